The highest BCUT2D eigenvalue weighted by atomic mass is 14.5. The molecule has 0 aromatic heterocycles. The Balaban J connectivity index is 0.000000186. The van der Waals surface area contributed by atoms with E-state index in [0.717, 1.165) is 65.1 Å². The molecule has 0 bridgehead atoms. The summed E-state index contributed by atoms with van der Waals surface area (Å²) in [7, 11) is 0. The fourth-order valence-corrected chi connectivity index (χ4v) is 10.9. The average Bonchev–Trinajstić information content (AvgIpc) is 3.56. The zero-order chi connectivity index (χ0) is 27.3. The number of unbranched alkanes of at least 4 members (excludes halogenated alkanes) is 1. The highest BCUT2D eigenvalue weighted by Crippen LogP contribution is 2.56. The second kappa shape index (κ2) is 14.3. The SMILES string of the molecule is CC1CCC(C2CCCC(C(C)(C)C)C2)C1.CCCCC1C(C)CC2CCCC2C1C1CCC(CC)CC1. The minimum atomic E-state index is 0.545. The first-order valence-electron chi connectivity index (χ1n) is 18.2. The lowest BCUT2D eigenvalue weighted by molar-refractivity contribution is -0.00258. The van der Waals surface area contributed by atoms with Crippen molar-refractivity contribution in [2.45, 2.75) is 170 Å². The molecule has 0 amide bonds. The van der Waals surface area contributed by atoms with Crippen LogP contribution in [0.3, 0.4) is 0 Å². The molecule has 0 aromatic carbocycles. The van der Waals surface area contributed by atoms with Crippen molar-refractivity contribution in [3.63, 3.8) is 0 Å². The first-order chi connectivity index (χ1) is 18.2. The molecule has 38 heavy (non-hydrogen) atoms. The fourth-order valence-electron chi connectivity index (χ4n) is 10.9. The van der Waals surface area contributed by atoms with Crippen molar-refractivity contribution in [2.75, 3.05) is 0 Å². The molecule has 0 N–H and O–H groups in total. The lowest BCUT2D eigenvalue weighted by Crippen LogP contribution is -2.42. The van der Waals surface area contributed by atoms with Crippen molar-refractivity contribution in [2.24, 2.45) is 70.5 Å². The third-order valence-electron chi connectivity index (χ3n) is 13.4. The highest BCUT2D eigenvalue weighted by molar-refractivity contribution is 4.97. The third kappa shape index (κ3) is 7.84. The van der Waals surface area contributed by atoms with Gasteiger partial charge >= 0.3 is 0 Å². The Morgan fingerprint density at radius 1 is 0.632 bits per heavy atom. The van der Waals surface area contributed by atoms with Crippen LogP contribution in [-0.2, 0) is 0 Å². The van der Waals surface area contributed by atoms with Gasteiger partial charge in [-0.15, -0.1) is 0 Å². The van der Waals surface area contributed by atoms with E-state index in [2.05, 4.69) is 48.5 Å². The zero-order valence-electron chi connectivity index (χ0n) is 27.3. The molecule has 0 aliphatic heterocycles. The first-order valence-corrected chi connectivity index (χ1v) is 18.2. The maximum atomic E-state index is 2.61. The summed E-state index contributed by atoms with van der Waals surface area (Å²) in [6.45, 7) is 17.2. The first kappa shape index (κ1) is 30.9. The molecule has 5 aliphatic carbocycles. The van der Waals surface area contributed by atoms with Crippen LogP contribution >= 0.6 is 0 Å². The van der Waals surface area contributed by atoms with Crippen molar-refractivity contribution < 1.29 is 0 Å². The quantitative estimate of drug-likeness (QED) is 0.323. The summed E-state index contributed by atoms with van der Waals surface area (Å²) in [4.78, 5) is 0. The van der Waals surface area contributed by atoms with Gasteiger partial charge in [0.25, 0.3) is 0 Å². The normalized spacial score (nSPS) is 43.8. The second-order valence-electron chi connectivity index (χ2n) is 16.8. The molecule has 5 fully saturated rings. The van der Waals surface area contributed by atoms with E-state index in [9.17, 15) is 0 Å². The molecule has 5 saturated carbocycles. The molecule has 0 radical (unpaired) electrons. The molecule has 5 rings (SSSR count). The molecule has 222 valence electrons. The van der Waals surface area contributed by atoms with E-state index in [4.69, 9.17) is 0 Å². The predicted octanol–water partition coefficient (Wildman–Crippen LogP) is 12.4. The Labute approximate surface area is 240 Å². The summed E-state index contributed by atoms with van der Waals surface area (Å²) in [5, 5.41) is 0. The predicted molar refractivity (Wildman–Crippen MR) is 168 cm³/mol. The minimum absolute atomic E-state index is 0.545. The molecule has 9 atom stereocenters. The smallest absolute Gasteiger partial charge is 0.0324 e. The largest absolute Gasteiger partial charge is 0.0654 e. The lowest BCUT2D eigenvalue weighted by atomic mass is 9.56. The Hall–Kier alpha value is 0. The number of hydrogen-bond acceptors (Lipinski definition) is 0. The summed E-state index contributed by atoms with van der Waals surface area (Å²) < 4.78 is 0. The van der Waals surface area contributed by atoms with Crippen LogP contribution in [0.4, 0.5) is 0 Å². The van der Waals surface area contributed by atoms with Gasteiger partial charge in [0.05, 0.1) is 0 Å². The highest BCUT2D eigenvalue weighted by Gasteiger charge is 2.47. The van der Waals surface area contributed by atoms with E-state index in [0.29, 0.717) is 5.41 Å². The van der Waals surface area contributed by atoms with Crippen molar-refractivity contribution in [3.8, 4) is 0 Å². The molecule has 0 spiro atoms. The summed E-state index contributed by atoms with van der Waals surface area (Å²) in [5.74, 6) is 11.7. The molecule has 9 unspecified atom stereocenters. The van der Waals surface area contributed by atoms with Gasteiger partial charge in [0.1, 0.15) is 0 Å². The molecule has 0 aromatic rings. The van der Waals surface area contributed by atoms with E-state index in [-0.39, 0.29) is 0 Å². The van der Waals surface area contributed by atoms with Gasteiger partial charge < -0.3 is 0 Å². The molecule has 0 heteroatoms. The molecule has 0 nitrogen and oxygen atoms in total. The number of fused-ring (bicyclic) bond motifs is 1. The van der Waals surface area contributed by atoms with Crippen LogP contribution in [0, 0.1) is 70.5 Å². The third-order valence-corrected chi connectivity index (χ3v) is 13.4. The van der Waals surface area contributed by atoms with Gasteiger partial charge in [0.2, 0.25) is 0 Å². The summed E-state index contributed by atoms with van der Waals surface area (Å²) in [6, 6.07) is 0. The molecule has 0 saturated heterocycles. The van der Waals surface area contributed by atoms with Gasteiger partial charge in [-0.3, -0.25) is 0 Å². The van der Waals surface area contributed by atoms with Crippen LogP contribution in [-0.4, -0.2) is 0 Å². The minimum Gasteiger partial charge on any atom is -0.0654 e. The molecular weight excluding hydrogens is 456 g/mol. The van der Waals surface area contributed by atoms with Gasteiger partial charge in [0, 0.05) is 0 Å². The molecule has 5 aliphatic rings. The van der Waals surface area contributed by atoms with Crippen LogP contribution in [0.15, 0.2) is 0 Å². The fraction of sp³-hybridized carbons (Fsp3) is 1.00. The van der Waals surface area contributed by atoms with Crippen LogP contribution in [0.2, 0.25) is 0 Å². The van der Waals surface area contributed by atoms with E-state index in [1.165, 1.54) is 64.2 Å². The van der Waals surface area contributed by atoms with E-state index in [1.807, 2.05) is 0 Å². The Bertz CT molecular complexity index is 662. The van der Waals surface area contributed by atoms with Crippen molar-refractivity contribution in [1.82, 2.24) is 0 Å². The second-order valence-corrected chi connectivity index (χ2v) is 16.8. The summed E-state index contributed by atoms with van der Waals surface area (Å²) in [6.07, 6.45) is 28.9. The molecular formula is C38H70. The van der Waals surface area contributed by atoms with Crippen molar-refractivity contribution in [3.05, 3.63) is 0 Å². The van der Waals surface area contributed by atoms with Crippen molar-refractivity contribution >= 4 is 0 Å². The Kier molecular flexibility index (Phi) is 11.6. The topological polar surface area (TPSA) is 0 Å². The molecule has 0 heterocycles. The van der Waals surface area contributed by atoms with Gasteiger partial charge in [0.15, 0.2) is 0 Å². The van der Waals surface area contributed by atoms with Crippen LogP contribution < -0.4 is 0 Å². The Morgan fingerprint density at radius 2 is 1.29 bits per heavy atom. The van der Waals surface area contributed by atoms with Crippen LogP contribution in [0.25, 0.3) is 0 Å². The van der Waals surface area contributed by atoms with E-state index >= 15 is 0 Å². The number of hydrogen-bond donors (Lipinski definition) is 0. The maximum absolute atomic E-state index is 2.61. The zero-order valence-corrected chi connectivity index (χ0v) is 27.3. The van der Waals surface area contributed by atoms with Gasteiger partial charge in [-0.25, -0.2) is 0 Å². The van der Waals surface area contributed by atoms with E-state index in [1.54, 1.807) is 57.8 Å². The average molecular weight is 527 g/mol. The summed E-state index contributed by atoms with van der Waals surface area (Å²) in [5.41, 5.74) is 0.545. The van der Waals surface area contributed by atoms with Crippen LogP contribution in [0.1, 0.15) is 170 Å². The van der Waals surface area contributed by atoms with Crippen LogP contribution in [0.5, 0.6) is 0 Å². The monoisotopic (exact) mass is 527 g/mol. The maximum Gasteiger partial charge on any atom is -0.0324 e. The lowest BCUT2D eigenvalue weighted by Gasteiger charge is -2.49. The standard InChI is InChI=1S/C22H40.C16H30/c1-4-6-9-20-16(3)15-19-8-7-10-21(19)22(20)18-13-11-17(5-2)12-14-18;1-12-8-9-14(10-12)13-6-5-7-15(11-13)16(2,3)4/h16-22H,4-15H2,1-3H3;12-15H,5-11H2,1-4H3. The van der Waals surface area contributed by atoms with Gasteiger partial charge in [-0.1, -0.05) is 113 Å². The summed E-state index contributed by atoms with van der Waals surface area (Å²) >= 11 is 0. The van der Waals surface area contributed by atoms with Gasteiger partial charge in [-0.2, -0.15) is 0 Å². The van der Waals surface area contributed by atoms with Gasteiger partial charge in [-0.05, 0) is 128 Å². The Morgan fingerprint density at radius 3 is 1.92 bits per heavy atom. The van der Waals surface area contributed by atoms with E-state index < -0.39 is 0 Å². The van der Waals surface area contributed by atoms with Crippen molar-refractivity contribution in [1.29, 1.82) is 0 Å². The number of rotatable bonds is 6.